The van der Waals surface area contributed by atoms with E-state index in [2.05, 4.69) is 32.9 Å². The smallest absolute Gasteiger partial charge is 0.0991 e. The Morgan fingerprint density at radius 1 is 1.27 bits per heavy atom. The highest BCUT2D eigenvalue weighted by Crippen LogP contribution is 2.14. The summed E-state index contributed by atoms with van der Waals surface area (Å²) in [5, 5.41) is 8.68. The summed E-state index contributed by atoms with van der Waals surface area (Å²) in [4.78, 5) is 0. The Morgan fingerprint density at radius 2 is 1.87 bits per heavy atom. The first-order valence-corrected chi connectivity index (χ1v) is 5.63. The second-order valence-electron chi connectivity index (χ2n) is 3.85. The number of rotatable bonds is 2. The summed E-state index contributed by atoms with van der Waals surface area (Å²) >= 11 is 0. The van der Waals surface area contributed by atoms with Crippen LogP contribution in [0.3, 0.4) is 0 Å². The second-order valence-corrected chi connectivity index (χ2v) is 3.85. The highest BCUT2D eigenvalue weighted by molar-refractivity contribution is 5.37. The summed E-state index contributed by atoms with van der Waals surface area (Å²) in [7, 11) is 0. The van der Waals surface area contributed by atoms with Gasteiger partial charge < -0.3 is 0 Å². The van der Waals surface area contributed by atoms with Gasteiger partial charge in [-0.2, -0.15) is 5.26 Å². The molecule has 0 fully saturated rings. The van der Waals surface area contributed by atoms with Crippen LogP contribution in [0.4, 0.5) is 0 Å². The van der Waals surface area contributed by atoms with Crippen molar-refractivity contribution in [3.63, 3.8) is 0 Å². The topological polar surface area (TPSA) is 23.8 Å². The highest BCUT2D eigenvalue weighted by atomic mass is 14.2. The van der Waals surface area contributed by atoms with Crippen LogP contribution in [0.2, 0.25) is 0 Å². The van der Waals surface area contributed by atoms with Gasteiger partial charge in [0, 0.05) is 0 Å². The molecule has 1 aromatic carbocycles. The lowest BCUT2D eigenvalue weighted by Gasteiger charge is -2.08. The van der Waals surface area contributed by atoms with E-state index in [9.17, 15) is 0 Å². The van der Waals surface area contributed by atoms with Crippen molar-refractivity contribution in [3.05, 3.63) is 34.9 Å². The zero-order chi connectivity index (χ0) is 11.8. The van der Waals surface area contributed by atoms with Crippen molar-refractivity contribution in [2.45, 2.75) is 41.0 Å². The molecule has 0 aromatic heterocycles. The van der Waals surface area contributed by atoms with Gasteiger partial charge in [0.2, 0.25) is 0 Å². The molecular weight excluding hydrogens is 182 g/mol. The molecule has 82 valence electrons. The van der Waals surface area contributed by atoms with Gasteiger partial charge in [-0.25, -0.2) is 0 Å². The molecule has 1 rings (SSSR count). The van der Waals surface area contributed by atoms with Crippen molar-refractivity contribution in [1.82, 2.24) is 0 Å². The molecule has 0 bridgehead atoms. The van der Waals surface area contributed by atoms with Gasteiger partial charge in [-0.05, 0) is 42.5 Å². The summed E-state index contributed by atoms with van der Waals surface area (Å²) in [5.41, 5.74) is 3.34. The van der Waals surface area contributed by atoms with Gasteiger partial charge in [0.05, 0.1) is 11.6 Å². The predicted octanol–water partition coefficient (Wildman–Crippen LogP) is 4.09. The lowest BCUT2D eigenvalue weighted by atomic mass is 9.97. The van der Waals surface area contributed by atoms with Crippen molar-refractivity contribution in [1.29, 1.82) is 5.26 Å². The van der Waals surface area contributed by atoms with Crippen molar-refractivity contribution in [2.75, 3.05) is 0 Å². The van der Waals surface area contributed by atoms with Gasteiger partial charge in [-0.1, -0.05) is 33.8 Å². The zero-order valence-electron chi connectivity index (χ0n) is 10.5. The van der Waals surface area contributed by atoms with Crippen molar-refractivity contribution in [3.8, 4) is 6.07 Å². The number of nitrogens with zero attached hydrogens (tertiary/aromatic N) is 1. The van der Waals surface area contributed by atoms with E-state index in [1.165, 1.54) is 11.1 Å². The molecule has 0 aliphatic rings. The van der Waals surface area contributed by atoms with Gasteiger partial charge in [0.25, 0.3) is 0 Å². The van der Waals surface area contributed by atoms with Crippen molar-refractivity contribution < 1.29 is 0 Å². The lowest BCUT2D eigenvalue weighted by molar-refractivity contribution is 0.645. The molecule has 0 amide bonds. The first-order valence-electron chi connectivity index (χ1n) is 5.63. The molecule has 0 heterocycles. The van der Waals surface area contributed by atoms with Crippen LogP contribution >= 0.6 is 0 Å². The van der Waals surface area contributed by atoms with Gasteiger partial charge in [-0.3, -0.25) is 0 Å². The fourth-order valence-corrected chi connectivity index (χ4v) is 1.43. The summed E-state index contributed by atoms with van der Waals surface area (Å²) in [5.74, 6) is 0.673. The Balaban J connectivity index is 0.000000921. The van der Waals surface area contributed by atoms with Crippen molar-refractivity contribution in [2.24, 2.45) is 5.92 Å². The van der Waals surface area contributed by atoms with E-state index in [-0.39, 0.29) is 0 Å². The molecule has 1 heteroatoms. The van der Waals surface area contributed by atoms with Crippen LogP contribution in [-0.2, 0) is 6.42 Å². The van der Waals surface area contributed by atoms with Crippen LogP contribution in [-0.4, -0.2) is 0 Å². The van der Waals surface area contributed by atoms with Crippen LogP contribution in [0.25, 0.3) is 0 Å². The Bertz CT molecular complexity index is 332. The molecule has 1 aromatic rings. The molecule has 0 N–H and O–H groups in total. The number of hydrogen-bond donors (Lipinski definition) is 0. The van der Waals surface area contributed by atoms with Crippen LogP contribution in [0, 0.1) is 24.2 Å². The van der Waals surface area contributed by atoms with Crippen LogP contribution in [0.15, 0.2) is 18.2 Å². The molecule has 0 saturated heterocycles. The molecule has 0 aliphatic carbocycles. The second kappa shape index (κ2) is 7.06. The largest absolute Gasteiger partial charge is 0.192 e. The maximum atomic E-state index is 8.68. The average molecular weight is 203 g/mol. The first kappa shape index (κ1) is 13.7. The Kier molecular flexibility index (Phi) is 6.45. The minimum Gasteiger partial charge on any atom is -0.192 e. The first-order chi connectivity index (χ1) is 7.13. The predicted molar refractivity (Wildman–Crippen MR) is 65.8 cm³/mol. The lowest BCUT2D eigenvalue weighted by Crippen LogP contribution is -1.96. The molecule has 0 unspecified atom stereocenters. The van der Waals surface area contributed by atoms with Crippen LogP contribution < -0.4 is 0 Å². The SMILES string of the molecule is CC.Cc1cc(C#N)ccc1CC(C)C. The number of benzene rings is 1. The molecule has 0 spiro atoms. The average Bonchev–Trinajstić information content (AvgIpc) is 2.23. The monoisotopic (exact) mass is 203 g/mol. The maximum Gasteiger partial charge on any atom is 0.0991 e. The number of hydrogen-bond acceptors (Lipinski definition) is 1. The fraction of sp³-hybridized carbons (Fsp3) is 0.500. The third kappa shape index (κ3) is 4.65. The summed E-state index contributed by atoms with van der Waals surface area (Å²) in [6.07, 6.45) is 1.09. The Morgan fingerprint density at radius 3 is 2.27 bits per heavy atom. The van der Waals surface area contributed by atoms with Gasteiger partial charge >= 0.3 is 0 Å². The van der Waals surface area contributed by atoms with E-state index < -0.39 is 0 Å². The third-order valence-corrected chi connectivity index (χ3v) is 2.10. The molecule has 0 aliphatic heterocycles. The van der Waals surface area contributed by atoms with Gasteiger partial charge in [-0.15, -0.1) is 0 Å². The maximum absolute atomic E-state index is 8.68. The van der Waals surface area contributed by atoms with E-state index >= 15 is 0 Å². The van der Waals surface area contributed by atoms with E-state index in [0.717, 1.165) is 12.0 Å². The van der Waals surface area contributed by atoms with Crippen LogP contribution in [0.1, 0.15) is 44.4 Å². The van der Waals surface area contributed by atoms with Crippen molar-refractivity contribution >= 4 is 0 Å². The quantitative estimate of drug-likeness (QED) is 0.710. The molecule has 15 heavy (non-hydrogen) atoms. The minimum absolute atomic E-state index is 0.673. The van der Waals surface area contributed by atoms with Gasteiger partial charge in [0.1, 0.15) is 0 Å². The summed E-state index contributed by atoms with van der Waals surface area (Å²) in [6.45, 7) is 10.5. The fourth-order valence-electron chi connectivity index (χ4n) is 1.43. The standard InChI is InChI=1S/C12H15N.C2H6/c1-9(2)6-12-5-4-11(8-13)7-10(12)3;1-2/h4-5,7,9H,6H2,1-3H3;1-2H3. The molecule has 0 atom stereocenters. The molecule has 0 saturated carbocycles. The third-order valence-electron chi connectivity index (χ3n) is 2.10. The molecule has 0 radical (unpaired) electrons. The van der Waals surface area contributed by atoms with Gasteiger partial charge in [0.15, 0.2) is 0 Å². The highest BCUT2D eigenvalue weighted by Gasteiger charge is 2.01. The summed E-state index contributed by atoms with van der Waals surface area (Å²) in [6, 6.07) is 8.06. The van der Waals surface area contributed by atoms with E-state index in [0.29, 0.717) is 5.92 Å². The number of aryl methyl sites for hydroxylation is 1. The van der Waals surface area contributed by atoms with E-state index in [1.54, 1.807) is 0 Å². The Hall–Kier alpha value is -1.29. The van der Waals surface area contributed by atoms with Crippen LogP contribution in [0.5, 0.6) is 0 Å². The summed E-state index contributed by atoms with van der Waals surface area (Å²) < 4.78 is 0. The molecular formula is C14H21N. The van der Waals surface area contributed by atoms with E-state index in [4.69, 9.17) is 5.26 Å². The Labute approximate surface area is 93.7 Å². The number of nitriles is 1. The minimum atomic E-state index is 0.673. The normalized spacial score (nSPS) is 9.13. The van der Waals surface area contributed by atoms with E-state index in [1.807, 2.05) is 26.0 Å². The molecule has 1 nitrogen and oxygen atoms in total. The zero-order valence-corrected chi connectivity index (χ0v) is 10.5.